The summed E-state index contributed by atoms with van der Waals surface area (Å²) < 4.78 is 10.8. The summed E-state index contributed by atoms with van der Waals surface area (Å²) >= 11 is 4.72. The third kappa shape index (κ3) is 3.65. The molecule has 202 valence electrons. The van der Waals surface area contributed by atoms with Gasteiger partial charge >= 0.3 is 0 Å². The molecule has 4 aliphatic rings. The number of anilines is 1. The Bertz CT molecular complexity index is 1350. The van der Waals surface area contributed by atoms with Crippen LogP contribution < -0.4 is 4.90 Å². The Morgan fingerprint density at radius 2 is 1.63 bits per heavy atom. The van der Waals surface area contributed by atoms with E-state index in [-0.39, 0.29) is 30.4 Å². The molecule has 0 radical (unpaired) electrons. The van der Waals surface area contributed by atoms with Crippen LogP contribution in [0.5, 0.6) is 5.75 Å². The van der Waals surface area contributed by atoms with Crippen molar-refractivity contribution in [3.8, 4) is 5.75 Å². The van der Waals surface area contributed by atoms with Crippen LogP contribution in [0.25, 0.3) is 5.57 Å². The quantitative estimate of drug-likeness (QED) is 0.474. The molecule has 1 unspecified atom stereocenters. The molecule has 1 saturated heterocycles. The molecular formula is C27H30N2O6S3. The van der Waals surface area contributed by atoms with Crippen molar-refractivity contribution in [3.63, 3.8) is 0 Å². The summed E-state index contributed by atoms with van der Waals surface area (Å²) in [4.78, 5) is 43.9. The first kappa shape index (κ1) is 27.1. The number of methoxy groups -OCH3 is 2. The van der Waals surface area contributed by atoms with Crippen LogP contribution in [0.3, 0.4) is 0 Å². The number of imide groups is 1. The van der Waals surface area contributed by atoms with Crippen molar-refractivity contribution >= 4 is 64.3 Å². The van der Waals surface area contributed by atoms with Crippen LogP contribution in [-0.4, -0.2) is 57.6 Å². The second-order valence-electron chi connectivity index (χ2n) is 10.0. The molecule has 4 aliphatic heterocycles. The highest BCUT2D eigenvalue weighted by Crippen LogP contribution is 2.71. The van der Waals surface area contributed by atoms with Crippen molar-refractivity contribution < 1.29 is 29.0 Å². The van der Waals surface area contributed by atoms with E-state index in [2.05, 4.69) is 13.8 Å². The molecule has 11 heteroatoms. The highest BCUT2D eigenvalue weighted by Gasteiger charge is 2.58. The first-order chi connectivity index (χ1) is 17.9. The van der Waals surface area contributed by atoms with Gasteiger partial charge in [0.15, 0.2) is 0 Å². The summed E-state index contributed by atoms with van der Waals surface area (Å²) in [5, 5.41) is 12.6. The molecular weight excluding hydrogens is 545 g/mol. The van der Waals surface area contributed by atoms with Crippen molar-refractivity contribution in [2.45, 2.75) is 63.1 Å². The number of carbonyl (C=O) groups is 3. The molecule has 0 aliphatic carbocycles. The summed E-state index contributed by atoms with van der Waals surface area (Å²) in [5.41, 5.74) is 2.27. The van der Waals surface area contributed by atoms with Crippen molar-refractivity contribution in [3.05, 3.63) is 49.3 Å². The minimum atomic E-state index is -1.01. The van der Waals surface area contributed by atoms with Gasteiger partial charge in [-0.15, -0.1) is 0 Å². The van der Waals surface area contributed by atoms with Crippen molar-refractivity contribution in [2.75, 3.05) is 19.1 Å². The molecule has 1 N–H and O–H groups in total. The van der Waals surface area contributed by atoms with E-state index in [9.17, 15) is 19.5 Å². The fourth-order valence-electron chi connectivity index (χ4n) is 5.51. The van der Waals surface area contributed by atoms with E-state index in [1.165, 1.54) is 0 Å². The number of thioether (sulfide) groups is 3. The summed E-state index contributed by atoms with van der Waals surface area (Å²) in [6.45, 7) is 9.62. The highest BCUT2D eigenvalue weighted by atomic mass is 32.2. The summed E-state index contributed by atoms with van der Waals surface area (Å²) in [6, 6.07) is 4.22. The molecule has 0 bridgehead atoms. The largest absolute Gasteiger partial charge is 0.506 e. The van der Waals surface area contributed by atoms with Crippen LogP contribution in [-0.2, 0) is 23.9 Å². The molecule has 0 saturated carbocycles. The Balaban J connectivity index is 1.72. The Hall–Kier alpha value is -2.50. The topological polar surface area (TPSA) is 96.4 Å². The number of likely N-dealkylation sites (tertiary alicyclic amines) is 1. The SMILES string of the molecule is COC1=C(OC)SC2(S1)C(C)=C(C)SC1=C2c2cccc(O)c2N(C(=O)C(C)N2C(=O)CCC2=O)C1(C)C. The average molecular weight is 575 g/mol. The van der Waals surface area contributed by atoms with Crippen molar-refractivity contribution in [1.29, 1.82) is 0 Å². The zero-order valence-electron chi connectivity index (χ0n) is 22.3. The third-order valence-corrected chi connectivity index (χ3v) is 12.3. The Labute approximate surface area is 234 Å². The lowest BCUT2D eigenvalue weighted by atomic mass is 9.83. The number of amides is 3. The maximum atomic E-state index is 14.2. The molecule has 3 amide bonds. The lowest BCUT2D eigenvalue weighted by Gasteiger charge is -2.51. The van der Waals surface area contributed by atoms with Gasteiger partial charge in [0.2, 0.25) is 22.0 Å². The van der Waals surface area contributed by atoms with Crippen LogP contribution in [0, 0.1) is 0 Å². The highest BCUT2D eigenvalue weighted by molar-refractivity contribution is 8.25. The number of carbonyl (C=O) groups excluding carboxylic acids is 3. The maximum Gasteiger partial charge on any atom is 0.250 e. The number of allylic oxidation sites excluding steroid dienone is 1. The number of aromatic hydroxyl groups is 1. The standard InChI is InChI=1S/C27H30N2O6S3/c1-13-15(3)36-22-20(27(13)37-24(34-6)25(35-7)38-27)16-9-8-10-17(30)21(16)29(26(22,4)5)23(33)14(2)28-18(31)11-12-19(28)32/h8-10,14,30H,11-12H2,1-7H3. The Kier molecular flexibility index (Phi) is 6.63. The number of phenols is 1. The van der Waals surface area contributed by atoms with E-state index < -0.39 is 21.6 Å². The normalized spacial score (nSPS) is 22.8. The van der Waals surface area contributed by atoms with Crippen LogP contribution >= 0.6 is 35.3 Å². The van der Waals surface area contributed by atoms with Gasteiger partial charge in [0.1, 0.15) is 15.9 Å². The average Bonchev–Trinajstić information content (AvgIpc) is 3.42. The second kappa shape index (κ2) is 9.31. The molecule has 0 aromatic heterocycles. The molecule has 1 fully saturated rings. The number of ether oxygens (including phenoxy) is 2. The first-order valence-corrected chi connectivity index (χ1v) is 14.7. The number of benzene rings is 1. The summed E-state index contributed by atoms with van der Waals surface area (Å²) in [5.74, 6) is -1.18. The number of rotatable bonds is 4. The van der Waals surface area contributed by atoms with Crippen molar-refractivity contribution in [2.24, 2.45) is 0 Å². The van der Waals surface area contributed by atoms with Crippen molar-refractivity contribution in [1.82, 2.24) is 4.90 Å². The lowest BCUT2D eigenvalue weighted by Crippen LogP contribution is -2.58. The van der Waals surface area contributed by atoms with E-state index in [1.54, 1.807) is 73.5 Å². The number of nitrogens with zero attached hydrogens (tertiary/aromatic N) is 2. The molecule has 1 aromatic carbocycles. The van der Waals surface area contributed by atoms with Gasteiger partial charge in [-0.05, 0) is 51.2 Å². The lowest BCUT2D eigenvalue weighted by molar-refractivity contribution is -0.145. The number of fused-ring (bicyclic) bond motifs is 3. The molecule has 4 heterocycles. The van der Waals surface area contributed by atoms with Crippen LogP contribution in [0.2, 0.25) is 0 Å². The molecule has 1 atom stereocenters. The predicted octanol–water partition coefficient (Wildman–Crippen LogP) is 5.40. The van der Waals surface area contributed by atoms with Crippen LogP contribution in [0.15, 0.2) is 43.8 Å². The smallest absolute Gasteiger partial charge is 0.250 e. The number of hydrogen-bond donors (Lipinski definition) is 1. The van der Waals surface area contributed by atoms with E-state index in [1.807, 2.05) is 19.9 Å². The predicted molar refractivity (Wildman–Crippen MR) is 152 cm³/mol. The van der Waals surface area contributed by atoms with Gasteiger partial charge in [0.25, 0.3) is 5.91 Å². The summed E-state index contributed by atoms with van der Waals surface area (Å²) in [7, 11) is 3.24. The first-order valence-electron chi connectivity index (χ1n) is 12.2. The van der Waals surface area contributed by atoms with Crippen LogP contribution in [0.4, 0.5) is 5.69 Å². The van der Waals surface area contributed by atoms with Gasteiger partial charge in [-0.3, -0.25) is 24.2 Å². The Morgan fingerprint density at radius 3 is 2.18 bits per heavy atom. The zero-order chi connectivity index (χ0) is 27.7. The van der Waals surface area contributed by atoms with E-state index in [4.69, 9.17) is 9.47 Å². The molecule has 1 spiro atoms. The fraction of sp³-hybridized carbons (Fsp3) is 0.444. The second-order valence-corrected chi connectivity index (χ2v) is 13.9. The number of hydrogen-bond acceptors (Lipinski definition) is 9. The number of para-hydroxylation sites is 1. The molecule has 1 aromatic rings. The monoisotopic (exact) mass is 574 g/mol. The Morgan fingerprint density at radius 1 is 1.05 bits per heavy atom. The third-order valence-electron chi connectivity index (χ3n) is 7.52. The minimum absolute atomic E-state index is 0.0503. The minimum Gasteiger partial charge on any atom is -0.506 e. The maximum absolute atomic E-state index is 14.2. The van der Waals surface area contributed by atoms with Gasteiger partial charge in [-0.2, -0.15) is 0 Å². The van der Waals surface area contributed by atoms with Gasteiger partial charge in [0, 0.05) is 28.9 Å². The van der Waals surface area contributed by atoms with E-state index in [0.717, 1.165) is 25.9 Å². The van der Waals surface area contributed by atoms with Gasteiger partial charge < -0.3 is 14.6 Å². The van der Waals surface area contributed by atoms with E-state index in [0.29, 0.717) is 21.4 Å². The zero-order valence-corrected chi connectivity index (χ0v) is 24.8. The fourth-order valence-corrected chi connectivity index (χ4v) is 10.2. The van der Waals surface area contributed by atoms with Gasteiger partial charge in [-0.1, -0.05) is 47.4 Å². The number of phenolic OH excluding ortho intramolecular Hbond substituents is 1. The summed E-state index contributed by atoms with van der Waals surface area (Å²) in [6.07, 6.45) is 0.202. The van der Waals surface area contributed by atoms with Gasteiger partial charge in [0.05, 0.1) is 25.4 Å². The molecule has 5 rings (SSSR count). The molecule has 38 heavy (non-hydrogen) atoms. The molecule has 8 nitrogen and oxygen atoms in total. The van der Waals surface area contributed by atoms with Crippen LogP contribution in [0.1, 0.15) is 53.0 Å². The van der Waals surface area contributed by atoms with E-state index >= 15 is 0 Å². The van der Waals surface area contributed by atoms with Gasteiger partial charge in [-0.25, -0.2) is 0 Å².